The van der Waals surface area contributed by atoms with Gasteiger partial charge >= 0.3 is 0 Å². The molecule has 4 nitrogen and oxygen atoms in total. The van der Waals surface area contributed by atoms with E-state index in [1.165, 1.54) is 6.33 Å². The summed E-state index contributed by atoms with van der Waals surface area (Å²) in [5.74, 6) is 0.762. The summed E-state index contributed by atoms with van der Waals surface area (Å²) in [5.41, 5.74) is 5.60. The molecule has 58 valence electrons. The Labute approximate surface area is 65.6 Å². The lowest BCUT2D eigenvalue weighted by Crippen LogP contribution is -2.10. The van der Waals surface area contributed by atoms with E-state index >= 15 is 0 Å². The molecule has 0 fully saturated rings. The topological polar surface area (TPSA) is 67.6 Å². The maximum Gasteiger partial charge on any atom is 0.141 e. The van der Waals surface area contributed by atoms with Gasteiger partial charge in [-0.25, -0.2) is 4.98 Å². The van der Waals surface area contributed by atoms with Gasteiger partial charge in [-0.05, 0) is 6.42 Å². The van der Waals surface area contributed by atoms with Crippen molar-refractivity contribution < 1.29 is 0 Å². The number of aromatic nitrogens is 3. The first kappa shape index (κ1) is 9.39. The molecule has 0 aliphatic rings. The van der Waals surface area contributed by atoms with Crippen LogP contribution in [0.2, 0.25) is 0 Å². The minimum absolute atomic E-state index is 0. The fourth-order valence-corrected chi connectivity index (χ4v) is 0.587. The standard InChI is InChI=1S/C5H10N4.ClH/c1-2-4(6)5-7-3-8-9-5;/h3-4H,2,6H2,1H3,(H,7,8,9);1H. The number of nitrogens with one attached hydrogen (secondary N) is 1. The molecule has 0 saturated heterocycles. The molecule has 0 bridgehead atoms. The summed E-state index contributed by atoms with van der Waals surface area (Å²) < 4.78 is 0. The molecule has 1 aromatic rings. The summed E-state index contributed by atoms with van der Waals surface area (Å²) in [5, 5.41) is 6.38. The van der Waals surface area contributed by atoms with E-state index in [1.54, 1.807) is 0 Å². The summed E-state index contributed by atoms with van der Waals surface area (Å²) >= 11 is 0. The third-order valence-corrected chi connectivity index (χ3v) is 1.22. The molecular weight excluding hydrogens is 152 g/mol. The smallest absolute Gasteiger partial charge is 0.141 e. The van der Waals surface area contributed by atoms with Gasteiger partial charge in [-0.2, -0.15) is 5.10 Å². The first-order valence-corrected chi connectivity index (χ1v) is 2.95. The molecule has 0 aromatic carbocycles. The van der Waals surface area contributed by atoms with Gasteiger partial charge < -0.3 is 5.73 Å². The van der Waals surface area contributed by atoms with Gasteiger partial charge in [0.1, 0.15) is 12.2 Å². The minimum Gasteiger partial charge on any atom is -0.321 e. The van der Waals surface area contributed by atoms with Gasteiger partial charge in [-0.3, -0.25) is 5.10 Å². The van der Waals surface area contributed by atoms with Gasteiger partial charge in [0.15, 0.2) is 0 Å². The van der Waals surface area contributed by atoms with Crippen molar-refractivity contribution in [2.24, 2.45) is 5.73 Å². The minimum atomic E-state index is 0. The Balaban J connectivity index is 0.000000810. The summed E-state index contributed by atoms with van der Waals surface area (Å²) in [6.45, 7) is 2.01. The Morgan fingerprint density at radius 1 is 1.80 bits per heavy atom. The summed E-state index contributed by atoms with van der Waals surface area (Å²) in [6, 6.07) is 0.00694. The number of hydrogen-bond donors (Lipinski definition) is 2. The Bertz CT molecular complexity index is 162. The highest BCUT2D eigenvalue weighted by molar-refractivity contribution is 5.85. The molecule has 1 aromatic heterocycles. The molecule has 0 aliphatic carbocycles. The van der Waals surface area contributed by atoms with Crippen molar-refractivity contribution in [2.45, 2.75) is 19.4 Å². The van der Waals surface area contributed by atoms with Crippen LogP contribution < -0.4 is 5.73 Å². The van der Waals surface area contributed by atoms with Crippen LogP contribution in [-0.2, 0) is 0 Å². The van der Waals surface area contributed by atoms with Gasteiger partial charge in [0.05, 0.1) is 6.04 Å². The van der Waals surface area contributed by atoms with Crippen LogP contribution in [0.1, 0.15) is 25.2 Å². The number of H-pyrrole nitrogens is 1. The van der Waals surface area contributed by atoms with Gasteiger partial charge in [-0.1, -0.05) is 6.92 Å². The second kappa shape index (κ2) is 4.24. The monoisotopic (exact) mass is 162 g/mol. The molecule has 10 heavy (non-hydrogen) atoms. The number of hydrogen-bond acceptors (Lipinski definition) is 3. The van der Waals surface area contributed by atoms with Gasteiger partial charge in [0.25, 0.3) is 0 Å². The van der Waals surface area contributed by atoms with Crippen LogP contribution in [0.5, 0.6) is 0 Å². The molecule has 0 saturated carbocycles. The largest absolute Gasteiger partial charge is 0.321 e. The molecule has 5 heteroatoms. The van der Waals surface area contributed by atoms with Gasteiger partial charge in [-0.15, -0.1) is 12.4 Å². The number of rotatable bonds is 2. The fraction of sp³-hybridized carbons (Fsp3) is 0.600. The van der Waals surface area contributed by atoms with E-state index in [0.717, 1.165) is 12.2 Å². The second-order valence-electron chi connectivity index (χ2n) is 1.89. The molecule has 1 heterocycles. The number of halogens is 1. The van der Waals surface area contributed by atoms with Crippen molar-refractivity contribution in [3.05, 3.63) is 12.2 Å². The predicted molar refractivity (Wildman–Crippen MR) is 40.9 cm³/mol. The molecule has 3 N–H and O–H groups in total. The molecule has 1 atom stereocenters. The van der Waals surface area contributed by atoms with E-state index in [9.17, 15) is 0 Å². The zero-order chi connectivity index (χ0) is 6.69. The maximum absolute atomic E-state index is 5.60. The Morgan fingerprint density at radius 2 is 2.50 bits per heavy atom. The normalized spacial score (nSPS) is 12.2. The Kier molecular flexibility index (Phi) is 3.99. The van der Waals surface area contributed by atoms with Crippen molar-refractivity contribution >= 4 is 12.4 Å². The highest BCUT2D eigenvalue weighted by atomic mass is 35.5. The SMILES string of the molecule is CCC(N)c1ncn[nH]1.Cl. The van der Waals surface area contributed by atoms with Crippen LogP contribution in [0.25, 0.3) is 0 Å². The lowest BCUT2D eigenvalue weighted by Gasteiger charge is -2.00. The van der Waals surface area contributed by atoms with Crippen molar-refractivity contribution in [1.29, 1.82) is 0 Å². The zero-order valence-corrected chi connectivity index (χ0v) is 6.56. The van der Waals surface area contributed by atoms with E-state index in [0.29, 0.717) is 0 Å². The molecule has 0 amide bonds. The molecule has 1 rings (SSSR count). The average molecular weight is 163 g/mol. The zero-order valence-electron chi connectivity index (χ0n) is 5.74. The Morgan fingerprint density at radius 3 is 2.90 bits per heavy atom. The average Bonchev–Trinajstić information content (AvgIpc) is 2.37. The summed E-state index contributed by atoms with van der Waals surface area (Å²) in [4.78, 5) is 3.90. The van der Waals surface area contributed by atoms with E-state index < -0.39 is 0 Å². The molecule has 0 radical (unpaired) electrons. The van der Waals surface area contributed by atoms with Gasteiger partial charge in [0.2, 0.25) is 0 Å². The van der Waals surface area contributed by atoms with Crippen molar-refractivity contribution in [3.63, 3.8) is 0 Å². The van der Waals surface area contributed by atoms with E-state index in [1.807, 2.05) is 6.92 Å². The van der Waals surface area contributed by atoms with Crippen LogP contribution in [0.15, 0.2) is 6.33 Å². The van der Waals surface area contributed by atoms with Gasteiger partial charge in [0, 0.05) is 0 Å². The van der Waals surface area contributed by atoms with Crippen molar-refractivity contribution in [2.75, 3.05) is 0 Å². The number of nitrogens with two attached hydrogens (primary N) is 1. The first-order valence-electron chi connectivity index (χ1n) is 2.95. The molecular formula is C5H11ClN4. The number of aromatic amines is 1. The third kappa shape index (κ3) is 1.97. The molecule has 0 aliphatic heterocycles. The van der Waals surface area contributed by atoms with E-state index in [2.05, 4.69) is 15.2 Å². The highest BCUT2D eigenvalue weighted by Crippen LogP contribution is 2.04. The second-order valence-corrected chi connectivity index (χ2v) is 1.89. The first-order chi connectivity index (χ1) is 4.34. The van der Waals surface area contributed by atoms with Crippen LogP contribution in [0, 0.1) is 0 Å². The van der Waals surface area contributed by atoms with Crippen molar-refractivity contribution in [1.82, 2.24) is 15.2 Å². The van der Waals surface area contributed by atoms with Crippen LogP contribution >= 0.6 is 12.4 Å². The summed E-state index contributed by atoms with van der Waals surface area (Å²) in [7, 11) is 0. The number of nitrogens with zero attached hydrogens (tertiary/aromatic N) is 2. The molecule has 1 unspecified atom stereocenters. The molecule has 0 spiro atoms. The quantitative estimate of drug-likeness (QED) is 0.671. The maximum atomic E-state index is 5.60. The van der Waals surface area contributed by atoms with Crippen molar-refractivity contribution in [3.8, 4) is 0 Å². The van der Waals surface area contributed by atoms with Crippen LogP contribution in [0.4, 0.5) is 0 Å². The van der Waals surface area contributed by atoms with E-state index in [4.69, 9.17) is 5.73 Å². The van der Waals surface area contributed by atoms with Crippen LogP contribution in [-0.4, -0.2) is 15.2 Å². The summed E-state index contributed by atoms with van der Waals surface area (Å²) in [6.07, 6.45) is 2.35. The van der Waals surface area contributed by atoms with E-state index in [-0.39, 0.29) is 18.4 Å². The fourth-order valence-electron chi connectivity index (χ4n) is 0.587. The third-order valence-electron chi connectivity index (χ3n) is 1.22. The van der Waals surface area contributed by atoms with Crippen LogP contribution in [0.3, 0.4) is 0 Å². The Hall–Kier alpha value is -0.610. The predicted octanol–water partition coefficient (Wildman–Crippen LogP) is 0.636. The lowest BCUT2D eigenvalue weighted by atomic mass is 10.2. The highest BCUT2D eigenvalue weighted by Gasteiger charge is 2.03. The lowest BCUT2D eigenvalue weighted by molar-refractivity contribution is 0.652.